The van der Waals surface area contributed by atoms with E-state index in [0.29, 0.717) is 6.04 Å². The highest BCUT2D eigenvalue weighted by Crippen LogP contribution is 2.44. The SMILES string of the molecule is CC1CC2(CN1)Cc1cc(C3CC3)ncc1O2. The minimum Gasteiger partial charge on any atom is -0.484 e. The molecule has 2 aliphatic heterocycles. The van der Waals surface area contributed by atoms with Crippen LogP contribution in [0.1, 0.15) is 43.4 Å². The number of nitrogens with one attached hydrogen (secondary N) is 1. The first-order valence-electron chi connectivity index (χ1n) is 6.65. The van der Waals surface area contributed by atoms with E-state index < -0.39 is 0 Å². The Bertz CT molecular complexity index is 469. The number of nitrogens with zero attached hydrogens (tertiary/aromatic N) is 1. The van der Waals surface area contributed by atoms with Crippen LogP contribution in [0.25, 0.3) is 0 Å². The van der Waals surface area contributed by atoms with E-state index in [1.807, 2.05) is 6.20 Å². The van der Waals surface area contributed by atoms with Gasteiger partial charge < -0.3 is 10.1 Å². The van der Waals surface area contributed by atoms with Gasteiger partial charge in [0, 0.05) is 42.6 Å². The number of hydrogen-bond acceptors (Lipinski definition) is 3. The van der Waals surface area contributed by atoms with Crippen molar-refractivity contribution in [3.05, 3.63) is 23.5 Å². The molecular weight excluding hydrogens is 212 g/mol. The highest BCUT2D eigenvalue weighted by molar-refractivity contribution is 5.40. The molecule has 3 heteroatoms. The molecule has 17 heavy (non-hydrogen) atoms. The lowest BCUT2D eigenvalue weighted by molar-refractivity contribution is 0.115. The highest BCUT2D eigenvalue weighted by Gasteiger charge is 2.44. The molecule has 1 saturated carbocycles. The fourth-order valence-corrected chi connectivity index (χ4v) is 3.23. The summed E-state index contributed by atoms with van der Waals surface area (Å²) in [5.74, 6) is 1.75. The van der Waals surface area contributed by atoms with Gasteiger partial charge >= 0.3 is 0 Å². The van der Waals surface area contributed by atoms with Gasteiger partial charge in [0.2, 0.25) is 0 Å². The maximum atomic E-state index is 6.16. The van der Waals surface area contributed by atoms with Gasteiger partial charge in [-0.25, -0.2) is 0 Å². The molecule has 4 rings (SSSR count). The zero-order valence-corrected chi connectivity index (χ0v) is 10.2. The second kappa shape index (κ2) is 3.22. The summed E-state index contributed by atoms with van der Waals surface area (Å²) in [4.78, 5) is 4.54. The van der Waals surface area contributed by atoms with Crippen molar-refractivity contribution >= 4 is 0 Å². The summed E-state index contributed by atoms with van der Waals surface area (Å²) in [5, 5.41) is 3.49. The van der Waals surface area contributed by atoms with Crippen molar-refractivity contribution in [2.45, 2.75) is 50.2 Å². The van der Waals surface area contributed by atoms with E-state index in [1.165, 1.54) is 24.1 Å². The quantitative estimate of drug-likeness (QED) is 0.801. The van der Waals surface area contributed by atoms with Crippen LogP contribution >= 0.6 is 0 Å². The zero-order chi connectivity index (χ0) is 11.5. The molecule has 1 aliphatic carbocycles. The molecule has 3 aliphatic rings. The minimum atomic E-state index is 0.0194. The molecule has 1 aromatic heterocycles. The molecule has 90 valence electrons. The first kappa shape index (κ1) is 9.89. The molecule has 0 amide bonds. The van der Waals surface area contributed by atoms with Gasteiger partial charge in [-0.05, 0) is 25.8 Å². The number of ether oxygens (including phenoxy) is 1. The van der Waals surface area contributed by atoms with Gasteiger partial charge in [0.05, 0.1) is 6.20 Å². The first-order valence-corrected chi connectivity index (χ1v) is 6.65. The van der Waals surface area contributed by atoms with E-state index in [0.717, 1.165) is 31.1 Å². The van der Waals surface area contributed by atoms with E-state index in [9.17, 15) is 0 Å². The Labute approximate surface area is 102 Å². The fraction of sp³-hybridized carbons (Fsp3) is 0.643. The van der Waals surface area contributed by atoms with Gasteiger partial charge in [-0.2, -0.15) is 0 Å². The van der Waals surface area contributed by atoms with E-state index in [-0.39, 0.29) is 5.60 Å². The maximum Gasteiger partial charge on any atom is 0.141 e. The topological polar surface area (TPSA) is 34.2 Å². The molecule has 2 fully saturated rings. The van der Waals surface area contributed by atoms with E-state index in [1.54, 1.807) is 0 Å². The van der Waals surface area contributed by atoms with Crippen LogP contribution in [0, 0.1) is 0 Å². The Kier molecular flexibility index (Phi) is 1.88. The van der Waals surface area contributed by atoms with Crippen LogP contribution in [0.15, 0.2) is 12.3 Å². The molecule has 3 nitrogen and oxygen atoms in total. The van der Waals surface area contributed by atoms with Gasteiger partial charge in [0.25, 0.3) is 0 Å². The number of fused-ring (bicyclic) bond motifs is 1. The lowest BCUT2D eigenvalue weighted by Crippen LogP contribution is -2.36. The molecule has 0 bridgehead atoms. The summed E-state index contributed by atoms with van der Waals surface area (Å²) in [6.07, 6.45) is 6.75. The fourth-order valence-electron chi connectivity index (χ4n) is 3.23. The highest BCUT2D eigenvalue weighted by atomic mass is 16.5. The third-order valence-corrected chi connectivity index (χ3v) is 4.26. The minimum absolute atomic E-state index is 0.0194. The van der Waals surface area contributed by atoms with Gasteiger partial charge in [0.15, 0.2) is 0 Å². The van der Waals surface area contributed by atoms with Crippen LogP contribution in [-0.2, 0) is 6.42 Å². The van der Waals surface area contributed by atoms with Crippen molar-refractivity contribution in [3.63, 3.8) is 0 Å². The van der Waals surface area contributed by atoms with Crippen LogP contribution in [0.2, 0.25) is 0 Å². The summed E-state index contributed by atoms with van der Waals surface area (Å²) >= 11 is 0. The molecule has 1 spiro atoms. The molecular formula is C14H18N2O. The second-order valence-corrected chi connectivity index (χ2v) is 5.94. The van der Waals surface area contributed by atoms with Gasteiger partial charge in [-0.1, -0.05) is 0 Å². The van der Waals surface area contributed by atoms with Gasteiger partial charge in [-0.15, -0.1) is 0 Å². The molecule has 1 N–H and O–H groups in total. The Morgan fingerprint density at radius 1 is 1.47 bits per heavy atom. The van der Waals surface area contributed by atoms with Crippen molar-refractivity contribution in [2.75, 3.05) is 6.54 Å². The lowest BCUT2D eigenvalue weighted by atomic mass is 9.94. The van der Waals surface area contributed by atoms with Crippen molar-refractivity contribution in [3.8, 4) is 5.75 Å². The monoisotopic (exact) mass is 230 g/mol. The van der Waals surface area contributed by atoms with Crippen LogP contribution in [0.4, 0.5) is 0 Å². The van der Waals surface area contributed by atoms with Gasteiger partial charge in [-0.3, -0.25) is 4.98 Å². The average molecular weight is 230 g/mol. The number of rotatable bonds is 1. The third-order valence-electron chi connectivity index (χ3n) is 4.26. The molecule has 1 saturated heterocycles. The summed E-state index contributed by atoms with van der Waals surface area (Å²) in [6, 6.07) is 2.85. The van der Waals surface area contributed by atoms with E-state index >= 15 is 0 Å². The average Bonchev–Trinajstić information content (AvgIpc) is 3.01. The predicted octanol–water partition coefficient (Wildman–Crippen LogP) is 2.01. The van der Waals surface area contributed by atoms with Crippen LogP contribution in [-0.4, -0.2) is 23.2 Å². The number of pyridine rings is 1. The molecule has 3 heterocycles. The summed E-state index contributed by atoms with van der Waals surface area (Å²) in [6.45, 7) is 3.20. The van der Waals surface area contributed by atoms with Gasteiger partial charge in [0.1, 0.15) is 11.4 Å². The van der Waals surface area contributed by atoms with E-state index in [2.05, 4.69) is 23.3 Å². The number of aromatic nitrogens is 1. The lowest BCUT2D eigenvalue weighted by Gasteiger charge is -2.21. The van der Waals surface area contributed by atoms with Crippen molar-refractivity contribution < 1.29 is 4.74 Å². The Balaban J connectivity index is 1.64. The maximum absolute atomic E-state index is 6.16. The molecule has 0 aromatic carbocycles. The van der Waals surface area contributed by atoms with Crippen LogP contribution in [0.5, 0.6) is 5.75 Å². The Hall–Kier alpha value is -1.09. The van der Waals surface area contributed by atoms with Crippen LogP contribution < -0.4 is 10.1 Å². The summed E-state index contributed by atoms with van der Waals surface area (Å²) < 4.78 is 6.16. The predicted molar refractivity (Wildman–Crippen MR) is 65.4 cm³/mol. The van der Waals surface area contributed by atoms with Crippen molar-refractivity contribution in [1.82, 2.24) is 10.3 Å². The Morgan fingerprint density at radius 3 is 3.06 bits per heavy atom. The summed E-state index contributed by atoms with van der Waals surface area (Å²) in [5.41, 5.74) is 2.67. The van der Waals surface area contributed by atoms with Crippen LogP contribution in [0.3, 0.4) is 0 Å². The summed E-state index contributed by atoms with van der Waals surface area (Å²) in [7, 11) is 0. The van der Waals surface area contributed by atoms with E-state index in [4.69, 9.17) is 4.74 Å². The smallest absolute Gasteiger partial charge is 0.141 e. The molecule has 1 aromatic rings. The second-order valence-electron chi connectivity index (χ2n) is 5.94. The molecule has 0 radical (unpaired) electrons. The molecule has 2 atom stereocenters. The molecule has 2 unspecified atom stereocenters. The standard InChI is InChI=1S/C14H18N2O/c1-9-5-14(8-16-9)6-11-4-12(10-2-3-10)15-7-13(11)17-14/h4,7,9-10,16H,2-3,5-6,8H2,1H3. The Morgan fingerprint density at radius 2 is 2.35 bits per heavy atom. The number of hydrogen-bond donors (Lipinski definition) is 1. The zero-order valence-electron chi connectivity index (χ0n) is 10.2. The van der Waals surface area contributed by atoms with Crippen molar-refractivity contribution in [1.29, 1.82) is 0 Å². The normalized spacial score (nSPS) is 35.0. The van der Waals surface area contributed by atoms with Crippen molar-refractivity contribution in [2.24, 2.45) is 0 Å². The first-order chi connectivity index (χ1) is 8.24. The third kappa shape index (κ3) is 1.56. The largest absolute Gasteiger partial charge is 0.484 e.